The fourth-order valence-corrected chi connectivity index (χ4v) is 4.60. The second-order valence-corrected chi connectivity index (χ2v) is 5.48. The van der Waals surface area contributed by atoms with E-state index in [0.29, 0.717) is 0 Å². The Morgan fingerprint density at radius 2 is 2.21 bits per heavy atom. The van der Waals surface area contributed by atoms with E-state index in [0.717, 1.165) is 17.3 Å². The van der Waals surface area contributed by atoms with Crippen LogP contribution in [0.3, 0.4) is 0 Å². The highest BCUT2D eigenvalue weighted by Gasteiger charge is 2.74. The lowest BCUT2D eigenvalue weighted by Gasteiger charge is -2.33. The van der Waals surface area contributed by atoms with Crippen molar-refractivity contribution in [3.05, 3.63) is 11.1 Å². The largest absolute Gasteiger partial charge is 0.0664 e. The predicted molar refractivity (Wildman–Crippen MR) is 60.1 cm³/mol. The van der Waals surface area contributed by atoms with E-state index < -0.39 is 0 Å². The van der Waals surface area contributed by atoms with E-state index in [-0.39, 0.29) is 0 Å². The molecule has 2 unspecified atom stereocenters. The highest BCUT2D eigenvalue weighted by atomic mass is 14.8. The molecule has 14 heavy (non-hydrogen) atoms. The second kappa shape index (κ2) is 2.87. The molecule has 0 N–H and O–H groups in total. The van der Waals surface area contributed by atoms with Crippen LogP contribution < -0.4 is 0 Å². The van der Waals surface area contributed by atoms with Crippen LogP contribution in [0.25, 0.3) is 0 Å². The van der Waals surface area contributed by atoms with Gasteiger partial charge in [-0.1, -0.05) is 37.8 Å². The third-order valence-corrected chi connectivity index (χ3v) is 5.10. The van der Waals surface area contributed by atoms with Gasteiger partial charge in [0.2, 0.25) is 0 Å². The third kappa shape index (κ3) is 0.816. The van der Waals surface area contributed by atoms with Crippen molar-refractivity contribution in [1.29, 1.82) is 0 Å². The number of fused-ring (bicyclic) bond motifs is 1. The van der Waals surface area contributed by atoms with Gasteiger partial charge in [0.25, 0.3) is 0 Å². The van der Waals surface area contributed by atoms with E-state index in [2.05, 4.69) is 13.8 Å². The third-order valence-electron chi connectivity index (χ3n) is 5.10. The zero-order valence-corrected chi connectivity index (χ0v) is 9.60. The molecule has 0 heteroatoms. The van der Waals surface area contributed by atoms with E-state index in [4.69, 9.17) is 0 Å². The molecule has 0 nitrogen and oxygen atoms in total. The molecule has 0 saturated heterocycles. The Labute approximate surface area is 87.8 Å². The van der Waals surface area contributed by atoms with Crippen LogP contribution in [0.15, 0.2) is 11.1 Å². The van der Waals surface area contributed by atoms with E-state index in [1.54, 1.807) is 12.8 Å². The Balaban J connectivity index is 1.79. The van der Waals surface area contributed by atoms with Gasteiger partial charge in [0, 0.05) is 5.41 Å². The number of allylic oxidation sites excluding steroid dienone is 2. The Hall–Kier alpha value is -0.260. The topological polar surface area (TPSA) is 0 Å². The number of hydrogen-bond donors (Lipinski definition) is 0. The molecule has 3 aliphatic carbocycles. The van der Waals surface area contributed by atoms with Gasteiger partial charge in [0.15, 0.2) is 0 Å². The zero-order valence-electron chi connectivity index (χ0n) is 9.60. The fourth-order valence-electron chi connectivity index (χ4n) is 4.60. The smallest absolute Gasteiger partial charge is 0.00174 e. The Morgan fingerprint density at radius 1 is 1.36 bits per heavy atom. The van der Waals surface area contributed by atoms with Crippen LogP contribution in [-0.2, 0) is 0 Å². The maximum Gasteiger partial charge on any atom is 0.00174 e. The average molecular weight is 190 g/mol. The second-order valence-electron chi connectivity index (χ2n) is 5.48. The molecular weight excluding hydrogens is 168 g/mol. The van der Waals surface area contributed by atoms with Gasteiger partial charge in [-0.25, -0.2) is 0 Å². The van der Waals surface area contributed by atoms with Gasteiger partial charge in [-0.2, -0.15) is 0 Å². The first kappa shape index (κ1) is 9.00. The Bertz CT molecular complexity index is 286. The molecular formula is C14H22. The van der Waals surface area contributed by atoms with E-state index >= 15 is 0 Å². The van der Waals surface area contributed by atoms with Crippen molar-refractivity contribution in [2.75, 3.05) is 0 Å². The van der Waals surface area contributed by atoms with Crippen molar-refractivity contribution in [3.63, 3.8) is 0 Å². The van der Waals surface area contributed by atoms with Crippen LogP contribution in [0, 0.1) is 17.3 Å². The highest BCUT2D eigenvalue weighted by molar-refractivity contribution is 5.51. The minimum absolute atomic E-state index is 0.820. The van der Waals surface area contributed by atoms with Crippen molar-refractivity contribution in [2.45, 2.75) is 58.8 Å². The molecule has 2 saturated carbocycles. The van der Waals surface area contributed by atoms with Gasteiger partial charge in [-0.15, -0.1) is 0 Å². The lowest BCUT2D eigenvalue weighted by atomic mass is 9.72. The summed E-state index contributed by atoms with van der Waals surface area (Å²) in [6, 6.07) is 0. The van der Waals surface area contributed by atoms with Crippen molar-refractivity contribution in [2.24, 2.45) is 17.3 Å². The van der Waals surface area contributed by atoms with Crippen LogP contribution in [-0.4, -0.2) is 0 Å². The fraction of sp³-hybridized carbons (Fsp3) is 0.857. The summed E-state index contributed by atoms with van der Waals surface area (Å²) in [7, 11) is 0. The number of hydrogen-bond acceptors (Lipinski definition) is 0. The maximum atomic E-state index is 2.36. The highest BCUT2D eigenvalue weighted by Crippen LogP contribution is 2.82. The van der Waals surface area contributed by atoms with Crippen molar-refractivity contribution in [3.8, 4) is 0 Å². The molecule has 0 aromatic heterocycles. The summed E-state index contributed by atoms with van der Waals surface area (Å²) < 4.78 is 0. The Kier molecular flexibility index (Phi) is 1.84. The lowest BCUT2D eigenvalue weighted by Crippen LogP contribution is -2.20. The number of rotatable bonds is 4. The predicted octanol–water partition coefficient (Wildman–Crippen LogP) is 4.31. The molecule has 0 amide bonds. The molecule has 0 aromatic carbocycles. The normalized spacial score (nSPS) is 43.3. The first-order valence-corrected chi connectivity index (χ1v) is 6.58. The molecule has 0 heterocycles. The van der Waals surface area contributed by atoms with E-state index in [1.165, 1.54) is 32.1 Å². The molecule has 0 bridgehead atoms. The van der Waals surface area contributed by atoms with Gasteiger partial charge in [0.1, 0.15) is 0 Å². The van der Waals surface area contributed by atoms with Gasteiger partial charge < -0.3 is 0 Å². The molecule has 0 aromatic rings. The summed E-state index contributed by atoms with van der Waals surface area (Å²) >= 11 is 0. The van der Waals surface area contributed by atoms with Crippen molar-refractivity contribution in [1.82, 2.24) is 0 Å². The quantitative estimate of drug-likeness (QED) is 0.579. The zero-order chi connectivity index (χ0) is 9.76. The summed E-state index contributed by atoms with van der Waals surface area (Å²) in [4.78, 5) is 0. The monoisotopic (exact) mass is 190 g/mol. The summed E-state index contributed by atoms with van der Waals surface area (Å²) in [5, 5.41) is 0. The van der Waals surface area contributed by atoms with Gasteiger partial charge in [-0.3, -0.25) is 0 Å². The molecule has 2 fully saturated rings. The molecule has 3 rings (SSSR count). The van der Waals surface area contributed by atoms with Gasteiger partial charge in [-0.05, 0) is 43.9 Å². The van der Waals surface area contributed by atoms with Gasteiger partial charge in [0.05, 0.1) is 0 Å². The van der Waals surface area contributed by atoms with Gasteiger partial charge >= 0.3 is 0 Å². The SMILES string of the molecule is CCCCC1=C(CC)C2C3CCC[C@@]132. The van der Waals surface area contributed by atoms with Crippen LogP contribution in [0.2, 0.25) is 0 Å². The first-order chi connectivity index (χ1) is 6.86. The van der Waals surface area contributed by atoms with Crippen LogP contribution in [0.4, 0.5) is 0 Å². The first-order valence-electron chi connectivity index (χ1n) is 6.58. The van der Waals surface area contributed by atoms with Crippen LogP contribution in [0.1, 0.15) is 58.8 Å². The summed E-state index contributed by atoms with van der Waals surface area (Å²) in [5.41, 5.74) is 4.65. The Morgan fingerprint density at radius 3 is 2.93 bits per heavy atom. The summed E-state index contributed by atoms with van der Waals surface area (Å²) in [5.74, 6) is 2.22. The molecule has 78 valence electrons. The minimum atomic E-state index is 0.820. The van der Waals surface area contributed by atoms with E-state index in [9.17, 15) is 0 Å². The summed E-state index contributed by atoms with van der Waals surface area (Å²) in [6.07, 6.45) is 10.2. The molecule has 3 aliphatic rings. The molecule has 0 radical (unpaired) electrons. The average Bonchev–Trinajstić information content (AvgIpc) is 2.57. The molecule has 3 atom stereocenters. The van der Waals surface area contributed by atoms with E-state index in [1.807, 2.05) is 11.1 Å². The van der Waals surface area contributed by atoms with Crippen molar-refractivity contribution >= 4 is 0 Å². The standard InChI is InChI=1S/C14H22/c1-3-5-7-11-10(4-2)13-12-8-6-9-14(11,12)13/h12-13H,3-9H2,1-2H3/t12?,13?,14-/m1/s1. The summed E-state index contributed by atoms with van der Waals surface area (Å²) in [6.45, 7) is 4.68. The maximum absolute atomic E-state index is 2.36. The molecule has 0 aliphatic heterocycles. The molecule has 1 spiro atoms. The number of unbranched alkanes of at least 4 members (excludes halogenated alkanes) is 1. The lowest BCUT2D eigenvalue weighted by molar-refractivity contribution is 0.436. The minimum Gasteiger partial charge on any atom is -0.0664 e. The van der Waals surface area contributed by atoms with Crippen LogP contribution in [0.5, 0.6) is 0 Å². The van der Waals surface area contributed by atoms with Crippen LogP contribution >= 0.6 is 0 Å². The van der Waals surface area contributed by atoms with Crippen molar-refractivity contribution < 1.29 is 0 Å².